The molecule has 0 aliphatic rings. The van der Waals surface area contributed by atoms with Crippen LogP contribution >= 0.6 is 0 Å². The molecule has 0 amide bonds. The molecule has 9 heteroatoms. The Bertz CT molecular complexity index is 76.6. The molecule has 0 heterocycles. The van der Waals surface area contributed by atoms with E-state index in [9.17, 15) is 0 Å². The summed E-state index contributed by atoms with van der Waals surface area (Å²) in [6.45, 7) is 0. The molecular weight excluding hydrogens is 254 g/mol. The summed E-state index contributed by atoms with van der Waals surface area (Å²) in [7, 11) is 0. The Morgan fingerprint density at radius 3 is 0.727 bits per heavy atom. The van der Waals surface area contributed by atoms with E-state index in [0.717, 1.165) is 0 Å². The molecule has 0 aromatic rings. The molecule has 6 nitrogen and oxygen atoms in total. The molecule has 11 heavy (non-hydrogen) atoms. The van der Waals surface area contributed by atoms with Gasteiger partial charge in [0.2, 0.25) is 0 Å². The van der Waals surface area contributed by atoms with Crippen molar-refractivity contribution >= 4 is 12.3 Å². The van der Waals surface area contributed by atoms with E-state index in [1.807, 2.05) is 0 Å². The van der Waals surface area contributed by atoms with E-state index in [0.29, 0.717) is 0 Å². The van der Waals surface area contributed by atoms with Crippen LogP contribution < -0.4 is 123 Å². The minimum Gasteiger partial charge on any atom is -0.652 e. The first kappa shape index (κ1) is 29.2. The van der Waals surface area contributed by atoms with Gasteiger partial charge in [-0.1, -0.05) is 0 Å². The van der Waals surface area contributed by atoms with Crippen LogP contribution in [-0.2, 0) is 17.1 Å². The van der Waals surface area contributed by atoms with Crippen molar-refractivity contribution in [3.63, 3.8) is 0 Å². The zero-order valence-corrected chi connectivity index (χ0v) is 13.2. The third-order valence-electron chi connectivity index (χ3n) is 0. The van der Waals surface area contributed by atoms with Crippen LogP contribution in [0, 0.1) is 0 Å². The number of hydrogen-bond acceptors (Lipinski definition) is 6. The third-order valence-corrected chi connectivity index (χ3v) is 0. The average molecular weight is 254 g/mol. The Morgan fingerprint density at radius 2 is 0.727 bits per heavy atom. The van der Waals surface area contributed by atoms with Crippen LogP contribution in [0.4, 0.5) is 9.59 Å². The minimum absolute atomic E-state index is 0. The Labute approximate surface area is 158 Å². The van der Waals surface area contributed by atoms with E-state index < -0.39 is 12.3 Å². The molecular formula is C2FeK2O6. The average Bonchev–Trinajstić information content (AvgIpc) is 1.25. The van der Waals surface area contributed by atoms with E-state index in [4.69, 9.17) is 30.0 Å². The molecule has 0 bridgehead atoms. The first-order chi connectivity index (χ1) is 3.46. The van der Waals surface area contributed by atoms with Gasteiger partial charge in [-0.15, -0.1) is 0 Å². The van der Waals surface area contributed by atoms with Crippen molar-refractivity contribution in [3.8, 4) is 0 Å². The molecule has 0 aromatic carbocycles. The second kappa shape index (κ2) is 22.8. The molecule has 0 fully saturated rings. The number of carboxylic acid groups (broad SMARTS) is 4. The van der Waals surface area contributed by atoms with Crippen molar-refractivity contribution in [3.05, 3.63) is 0 Å². The maximum atomic E-state index is 8.33. The van der Waals surface area contributed by atoms with Crippen LogP contribution in [0.25, 0.3) is 0 Å². The summed E-state index contributed by atoms with van der Waals surface area (Å²) < 4.78 is 0. The summed E-state index contributed by atoms with van der Waals surface area (Å²) in [6, 6.07) is 0. The Hall–Kier alpha value is 2.33. The second-order valence-corrected chi connectivity index (χ2v) is 0.500. The number of hydrogen-bond donors (Lipinski definition) is 0. The zero-order valence-electron chi connectivity index (χ0n) is 5.80. The summed E-state index contributed by atoms with van der Waals surface area (Å²) in [4.78, 5) is 16.7. The van der Waals surface area contributed by atoms with Gasteiger partial charge in [0.05, 0.1) is 0 Å². The Morgan fingerprint density at radius 1 is 0.727 bits per heavy atom. The molecule has 0 aliphatic heterocycles. The fourth-order valence-corrected chi connectivity index (χ4v) is 0. The first-order valence-electron chi connectivity index (χ1n) is 1.22. The smallest absolute Gasteiger partial charge is 0.652 e. The van der Waals surface area contributed by atoms with Gasteiger partial charge in [-0.25, -0.2) is 0 Å². The monoisotopic (exact) mass is 254 g/mol. The normalized spacial score (nSPS) is 4.36. The molecule has 0 unspecified atom stereocenters. The van der Waals surface area contributed by atoms with E-state index >= 15 is 0 Å². The maximum absolute atomic E-state index is 8.33. The molecule has 54 valence electrons. The van der Waals surface area contributed by atoms with Crippen LogP contribution in [-0.4, -0.2) is 12.3 Å². The van der Waals surface area contributed by atoms with E-state index in [-0.39, 0.29) is 120 Å². The standard InChI is InChI=1S/2CH2O3.Fe.2K/c2*2-1(3)4;;;/h2*(H2,2,3,4);;;/q;;+2;2*+1/p-4. The van der Waals surface area contributed by atoms with Gasteiger partial charge in [0.25, 0.3) is 0 Å². The van der Waals surface area contributed by atoms with Gasteiger partial charge in [-0.2, -0.15) is 0 Å². The fraction of sp³-hybridized carbons (Fsp3) is 0. The van der Waals surface area contributed by atoms with Crippen molar-refractivity contribution in [2.24, 2.45) is 0 Å². The van der Waals surface area contributed by atoms with Crippen LogP contribution in [0.15, 0.2) is 0 Å². The van der Waals surface area contributed by atoms with Gasteiger partial charge in [0.15, 0.2) is 0 Å². The molecule has 0 aromatic heterocycles. The zero-order chi connectivity index (χ0) is 7.15. The predicted octanol–water partition coefficient (Wildman–Crippen LogP) is -10.9. The van der Waals surface area contributed by atoms with Crippen molar-refractivity contribution < 1.29 is 150 Å². The van der Waals surface area contributed by atoms with Gasteiger partial charge in [0, 0.05) is 0 Å². The summed E-state index contributed by atoms with van der Waals surface area (Å²) in [6.07, 6.45) is -4.67. The number of carbonyl (C=O) groups is 2. The minimum atomic E-state index is -2.33. The van der Waals surface area contributed by atoms with Crippen molar-refractivity contribution in [1.29, 1.82) is 0 Å². The van der Waals surface area contributed by atoms with Gasteiger partial charge in [-0.3, -0.25) is 0 Å². The van der Waals surface area contributed by atoms with Gasteiger partial charge >= 0.3 is 120 Å². The molecule has 0 saturated heterocycles. The summed E-state index contributed by atoms with van der Waals surface area (Å²) in [5.74, 6) is 0. The van der Waals surface area contributed by atoms with E-state index in [1.165, 1.54) is 0 Å². The molecule has 0 radical (unpaired) electrons. The summed E-state index contributed by atoms with van der Waals surface area (Å²) in [5.41, 5.74) is 0. The summed E-state index contributed by atoms with van der Waals surface area (Å²) in [5, 5.41) is 33.3. The van der Waals surface area contributed by atoms with Crippen LogP contribution in [0.1, 0.15) is 0 Å². The first-order valence-corrected chi connectivity index (χ1v) is 1.22. The Kier molecular flexibility index (Phi) is 60.6. The van der Waals surface area contributed by atoms with Crippen molar-refractivity contribution in [2.75, 3.05) is 0 Å². The quantitative estimate of drug-likeness (QED) is 0.395. The predicted molar refractivity (Wildman–Crippen MR) is 10.8 cm³/mol. The largest absolute Gasteiger partial charge is 2.00 e. The van der Waals surface area contributed by atoms with Crippen LogP contribution in [0.2, 0.25) is 0 Å². The Balaban J connectivity index is -0.0000000171. The molecule has 0 spiro atoms. The molecule has 0 rings (SSSR count). The molecule has 0 N–H and O–H groups in total. The number of carbonyl (C=O) groups excluding carboxylic acids is 2. The topological polar surface area (TPSA) is 126 Å². The fourth-order valence-electron chi connectivity index (χ4n) is 0. The van der Waals surface area contributed by atoms with Gasteiger partial charge < -0.3 is 30.0 Å². The molecule has 0 saturated carbocycles. The van der Waals surface area contributed by atoms with Gasteiger partial charge in [0.1, 0.15) is 0 Å². The maximum Gasteiger partial charge on any atom is 2.00 e. The molecule has 0 atom stereocenters. The van der Waals surface area contributed by atoms with Crippen molar-refractivity contribution in [2.45, 2.75) is 0 Å². The number of rotatable bonds is 0. The second-order valence-electron chi connectivity index (χ2n) is 0.500. The van der Waals surface area contributed by atoms with Crippen LogP contribution in [0.3, 0.4) is 0 Å². The van der Waals surface area contributed by atoms with E-state index in [2.05, 4.69) is 0 Å². The van der Waals surface area contributed by atoms with E-state index in [1.54, 1.807) is 0 Å². The SMILES string of the molecule is O=C([O-])[O-].O=C([O-])[O-].[Fe+2].[K+].[K+]. The molecule has 0 aliphatic carbocycles. The van der Waals surface area contributed by atoms with Gasteiger partial charge in [-0.05, 0) is 12.3 Å². The summed E-state index contributed by atoms with van der Waals surface area (Å²) >= 11 is 0. The van der Waals surface area contributed by atoms with Crippen LogP contribution in [0.5, 0.6) is 0 Å². The third kappa shape index (κ3) is 242. The van der Waals surface area contributed by atoms with Crippen molar-refractivity contribution in [1.82, 2.24) is 0 Å².